The van der Waals surface area contributed by atoms with Gasteiger partial charge in [0.25, 0.3) is 0 Å². The number of fused-ring (bicyclic) bond motifs is 1. The van der Waals surface area contributed by atoms with Crippen LogP contribution in [0.2, 0.25) is 0 Å². The highest BCUT2D eigenvalue weighted by Crippen LogP contribution is 2.22. The first-order valence-electron chi connectivity index (χ1n) is 4.26. The molecule has 2 N–H and O–H groups in total. The van der Waals surface area contributed by atoms with Crippen molar-refractivity contribution in [1.29, 1.82) is 0 Å². The molecule has 0 aliphatic heterocycles. The van der Waals surface area contributed by atoms with Gasteiger partial charge in [0.1, 0.15) is 0 Å². The van der Waals surface area contributed by atoms with Crippen molar-refractivity contribution >= 4 is 22.5 Å². The minimum absolute atomic E-state index is 0.621. The molecular formula is C11H9N2O. The van der Waals surface area contributed by atoms with Crippen LogP contribution in [0.25, 0.3) is 10.8 Å². The number of carbonyl (C=O) groups excluding carboxylic acids is 1. The number of benzene rings is 2. The zero-order valence-electron chi connectivity index (χ0n) is 7.47. The van der Waals surface area contributed by atoms with Crippen molar-refractivity contribution in [3.05, 3.63) is 42.5 Å². The molecule has 0 saturated carbocycles. The number of nitrogens with zero attached hydrogens (tertiary/aromatic N) is 1. The molecule has 0 atom stereocenters. The smallest absolute Gasteiger partial charge is 0.338 e. The highest BCUT2D eigenvalue weighted by Gasteiger charge is 2.02. The van der Waals surface area contributed by atoms with Gasteiger partial charge in [-0.25, -0.2) is 4.79 Å². The molecule has 0 bridgehead atoms. The van der Waals surface area contributed by atoms with Crippen LogP contribution in [-0.2, 0) is 0 Å². The van der Waals surface area contributed by atoms with Crippen LogP contribution >= 0.6 is 0 Å². The minimum atomic E-state index is -0.665. The Kier molecular flexibility index (Phi) is 2.07. The molecule has 0 aliphatic carbocycles. The molecular weight excluding hydrogens is 176 g/mol. The summed E-state index contributed by atoms with van der Waals surface area (Å²) in [6.45, 7) is 0. The maximum atomic E-state index is 10.7. The predicted molar refractivity (Wildman–Crippen MR) is 55.3 cm³/mol. The van der Waals surface area contributed by atoms with Gasteiger partial charge in [0.15, 0.2) is 0 Å². The summed E-state index contributed by atoms with van der Waals surface area (Å²) in [6.07, 6.45) is 0. The van der Waals surface area contributed by atoms with Crippen LogP contribution in [0.3, 0.4) is 0 Å². The second-order valence-electron chi connectivity index (χ2n) is 2.95. The Morgan fingerprint density at radius 1 is 1.07 bits per heavy atom. The lowest BCUT2D eigenvalue weighted by atomic mass is 10.1. The van der Waals surface area contributed by atoms with E-state index in [4.69, 9.17) is 5.73 Å². The topological polar surface area (TPSA) is 57.2 Å². The summed E-state index contributed by atoms with van der Waals surface area (Å²) in [7, 11) is 0. The first kappa shape index (κ1) is 8.56. The van der Waals surface area contributed by atoms with E-state index in [-0.39, 0.29) is 0 Å². The summed E-state index contributed by atoms with van der Waals surface area (Å²) in [5.41, 5.74) is 5.63. The van der Waals surface area contributed by atoms with Crippen molar-refractivity contribution in [2.24, 2.45) is 5.73 Å². The lowest BCUT2D eigenvalue weighted by molar-refractivity contribution is 0.252. The predicted octanol–water partition coefficient (Wildman–Crippen LogP) is 2.15. The summed E-state index contributed by atoms with van der Waals surface area (Å²) in [5, 5.41) is 5.72. The molecule has 2 rings (SSSR count). The molecule has 14 heavy (non-hydrogen) atoms. The van der Waals surface area contributed by atoms with Crippen LogP contribution in [0.15, 0.2) is 42.5 Å². The zero-order valence-corrected chi connectivity index (χ0v) is 7.47. The van der Waals surface area contributed by atoms with E-state index in [2.05, 4.69) is 5.32 Å². The van der Waals surface area contributed by atoms with Gasteiger partial charge < -0.3 is 5.73 Å². The normalized spacial score (nSPS) is 10.0. The Morgan fingerprint density at radius 3 is 2.57 bits per heavy atom. The summed E-state index contributed by atoms with van der Waals surface area (Å²) >= 11 is 0. The summed E-state index contributed by atoms with van der Waals surface area (Å²) in [6, 6.07) is 12.7. The second-order valence-corrected chi connectivity index (χ2v) is 2.95. The van der Waals surface area contributed by atoms with Gasteiger partial charge in [0.2, 0.25) is 0 Å². The molecule has 0 aliphatic rings. The second kappa shape index (κ2) is 3.38. The van der Waals surface area contributed by atoms with Crippen molar-refractivity contribution in [2.45, 2.75) is 0 Å². The molecule has 0 spiro atoms. The van der Waals surface area contributed by atoms with E-state index in [0.29, 0.717) is 5.69 Å². The number of nitrogens with two attached hydrogens (primary N) is 1. The van der Waals surface area contributed by atoms with E-state index in [1.165, 1.54) is 0 Å². The standard InChI is InChI=1S/C11H9N2O/c12-11(14)13-10-7-3-5-8-4-1-2-6-9(8)10/h1-7H,(H2,12,14). The van der Waals surface area contributed by atoms with E-state index in [1.54, 1.807) is 6.07 Å². The fraction of sp³-hybridized carbons (Fsp3) is 0. The Hall–Kier alpha value is -2.03. The molecule has 2 amide bonds. The van der Waals surface area contributed by atoms with Crippen LogP contribution in [0.5, 0.6) is 0 Å². The van der Waals surface area contributed by atoms with E-state index in [1.807, 2.05) is 36.4 Å². The molecule has 1 radical (unpaired) electrons. The van der Waals surface area contributed by atoms with Crippen LogP contribution in [-0.4, -0.2) is 6.03 Å². The van der Waals surface area contributed by atoms with E-state index in [0.717, 1.165) is 10.8 Å². The molecule has 0 aromatic heterocycles. The monoisotopic (exact) mass is 185 g/mol. The average molecular weight is 185 g/mol. The van der Waals surface area contributed by atoms with Gasteiger partial charge in [0.05, 0.1) is 5.69 Å². The number of hydrogen-bond acceptors (Lipinski definition) is 1. The summed E-state index contributed by atoms with van der Waals surface area (Å²) in [5.74, 6) is 0. The molecule has 69 valence electrons. The quantitative estimate of drug-likeness (QED) is 0.727. The average Bonchev–Trinajstić information content (AvgIpc) is 2.18. The summed E-state index contributed by atoms with van der Waals surface area (Å²) < 4.78 is 0. The van der Waals surface area contributed by atoms with Gasteiger partial charge in [-0.3, -0.25) is 0 Å². The van der Waals surface area contributed by atoms with E-state index in [9.17, 15) is 4.79 Å². The maximum Gasteiger partial charge on any atom is 0.338 e. The van der Waals surface area contributed by atoms with Crippen LogP contribution in [0, 0.1) is 0 Å². The van der Waals surface area contributed by atoms with Crippen LogP contribution in [0.4, 0.5) is 10.5 Å². The fourth-order valence-electron chi connectivity index (χ4n) is 1.42. The summed E-state index contributed by atoms with van der Waals surface area (Å²) in [4.78, 5) is 10.7. The third-order valence-electron chi connectivity index (χ3n) is 2.00. The Labute approximate surface area is 81.5 Å². The SMILES string of the molecule is NC(=O)[N]c1cccc2ccccc12. The molecule has 3 heteroatoms. The Balaban J connectivity index is 2.59. The largest absolute Gasteiger partial charge is 0.350 e. The first-order chi connectivity index (χ1) is 6.77. The van der Waals surface area contributed by atoms with Crippen molar-refractivity contribution in [3.63, 3.8) is 0 Å². The molecule has 0 fully saturated rings. The van der Waals surface area contributed by atoms with Gasteiger partial charge in [-0.15, -0.1) is 0 Å². The third-order valence-corrected chi connectivity index (χ3v) is 2.00. The number of primary amides is 1. The van der Waals surface area contributed by atoms with Crippen molar-refractivity contribution < 1.29 is 4.79 Å². The number of rotatable bonds is 1. The van der Waals surface area contributed by atoms with Crippen molar-refractivity contribution in [1.82, 2.24) is 5.32 Å². The highest BCUT2D eigenvalue weighted by atomic mass is 16.2. The van der Waals surface area contributed by atoms with Crippen LogP contribution < -0.4 is 11.1 Å². The first-order valence-corrected chi connectivity index (χ1v) is 4.26. The third kappa shape index (κ3) is 1.52. The zero-order chi connectivity index (χ0) is 9.97. The lowest BCUT2D eigenvalue weighted by Gasteiger charge is -2.03. The van der Waals surface area contributed by atoms with Crippen molar-refractivity contribution in [3.8, 4) is 0 Å². The van der Waals surface area contributed by atoms with Crippen LogP contribution in [0.1, 0.15) is 0 Å². The molecule has 3 nitrogen and oxygen atoms in total. The fourth-order valence-corrected chi connectivity index (χ4v) is 1.42. The van der Waals surface area contributed by atoms with Crippen molar-refractivity contribution in [2.75, 3.05) is 0 Å². The molecule has 0 heterocycles. The lowest BCUT2D eigenvalue weighted by Crippen LogP contribution is -2.18. The highest BCUT2D eigenvalue weighted by molar-refractivity contribution is 5.95. The maximum absolute atomic E-state index is 10.7. The Morgan fingerprint density at radius 2 is 1.79 bits per heavy atom. The molecule has 0 saturated heterocycles. The number of carbonyl (C=O) groups is 1. The number of amides is 2. The number of hydrogen-bond donors (Lipinski definition) is 1. The van der Waals surface area contributed by atoms with Gasteiger partial charge in [-0.2, -0.15) is 5.32 Å². The molecule has 0 unspecified atom stereocenters. The minimum Gasteiger partial charge on any atom is -0.350 e. The molecule has 2 aromatic rings. The molecule has 2 aromatic carbocycles. The number of urea groups is 1. The van der Waals surface area contributed by atoms with Gasteiger partial charge >= 0.3 is 6.03 Å². The van der Waals surface area contributed by atoms with E-state index >= 15 is 0 Å². The van der Waals surface area contributed by atoms with E-state index < -0.39 is 6.03 Å². The van der Waals surface area contributed by atoms with Gasteiger partial charge in [-0.05, 0) is 11.5 Å². The van der Waals surface area contributed by atoms with Gasteiger partial charge in [-0.1, -0.05) is 36.4 Å². The van der Waals surface area contributed by atoms with Gasteiger partial charge in [0, 0.05) is 5.39 Å². The Bertz CT molecular complexity index is 474.